The van der Waals surface area contributed by atoms with Crippen LogP contribution in [0.1, 0.15) is 43.0 Å². The number of piperidine rings is 1. The first kappa shape index (κ1) is 17.8. The average molecular weight is 400 g/mol. The van der Waals surface area contributed by atoms with E-state index in [1.807, 2.05) is 53.4 Å². The van der Waals surface area contributed by atoms with Crippen LogP contribution in [-0.2, 0) is 0 Å². The van der Waals surface area contributed by atoms with E-state index in [1.165, 1.54) is 12.8 Å². The second kappa shape index (κ2) is 6.22. The standard InChI is InChI=1S/C23H24N6O/c1-14-9-19(27-29-12-15(2)26-21(14)29)16-3-4-18-20(10-16)24-13-28(22(18)30)17-5-8-25-23(11-17)6-7-23/h3-4,9-10,12-13,17,25H,5-8,11H2,1-2H3/t17-/m0/s1. The first-order valence-electron chi connectivity index (χ1n) is 10.6. The summed E-state index contributed by atoms with van der Waals surface area (Å²) >= 11 is 0. The van der Waals surface area contributed by atoms with Crippen LogP contribution in [0.3, 0.4) is 0 Å². The van der Waals surface area contributed by atoms with Crippen molar-refractivity contribution in [3.8, 4) is 11.3 Å². The van der Waals surface area contributed by atoms with Gasteiger partial charge in [-0.2, -0.15) is 5.10 Å². The highest BCUT2D eigenvalue weighted by atomic mass is 16.1. The van der Waals surface area contributed by atoms with E-state index in [9.17, 15) is 4.79 Å². The summed E-state index contributed by atoms with van der Waals surface area (Å²) in [4.78, 5) is 22.4. The Morgan fingerprint density at radius 1 is 1.20 bits per heavy atom. The van der Waals surface area contributed by atoms with Gasteiger partial charge in [0.25, 0.3) is 5.56 Å². The lowest BCUT2D eigenvalue weighted by Crippen LogP contribution is -2.42. The minimum Gasteiger partial charge on any atom is -0.311 e. The maximum Gasteiger partial charge on any atom is 0.261 e. The van der Waals surface area contributed by atoms with Gasteiger partial charge in [0.15, 0.2) is 5.65 Å². The summed E-state index contributed by atoms with van der Waals surface area (Å²) in [5.41, 5.74) is 5.71. The van der Waals surface area contributed by atoms with Gasteiger partial charge in [0.2, 0.25) is 0 Å². The Morgan fingerprint density at radius 3 is 2.90 bits per heavy atom. The van der Waals surface area contributed by atoms with Crippen LogP contribution in [0.15, 0.2) is 41.6 Å². The lowest BCUT2D eigenvalue weighted by Gasteiger charge is -2.31. The Kier molecular flexibility index (Phi) is 3.68. The van der Waals surface area contributed by atoms with Crippen LogP contribution in [0.4, 0.5) is 0 Å². The molecule has 1 saturated heterocycles. The molecule has 152 valence electrons. The number of imidazole rings is 1. The zero-order valence-electron chi connectivity index (χ0n) is 17.2. The molecule has 1 spiro atoms. The zero-order chi connectivity index (χ0) is 20.5. The molecular weight excluding hydrogens is 376 g/mol. The first-order chi connectivity index (χ1) is 14.5. The largest absolute Gasteiger partial charge is 0.311 e. The van der Waals surface area contributed by atoms with E-state index in [1.54, 1.807) is 6.33 Å². The van der Waals surface area contributed by atoms with E-state index in [2.05, 4.69) is 15.3 Å². The molecule has 2 fully saturated rings. The van der Waals surface area contributed by atoms with Crippen molar-refractivity contribution in [2.75, 3.05) is 6.54 Å². The van der Waals surface area contributed by atoms with Crippen molar-refractivity contribution in [3.05, 3.63) is 58.4 Å². The zero-order valence-corrected chi connectivity index (χ0v) is 17.2. The number of nitrogens with zero attached hydrogens (tertiary/aromatic N) is 5. The molecule has 0 radical (unpaired) electrons. The summed E-state index contributed by atoms with van der Waals surface area (Å²) in [6.07, 6.45) is 8.09. The quantitative estimate of drug-likeness (QED) is 0.559. The summed E-state index contributed by atoms with van der Waals surface area (Å²) in [7, 11) is 0. The molecular formula is C23H24N6O. The fourth-order valence-electron chi connectivity index (χ4n) is 4.84. The molecule has 0 bridgehead atoms. The van der Waals surface area contributed by atoms with E-state index in [-0.39, 0.29) is 17.1 Å². The van der Waals surface area contributed by atoms with Gasteiger partial charge in [0, 0.05) is 17.1 Å². The summed E-state index contributed by atoms with van der Waals surface area (Å²) < 4.78 is 3.67. The van der Waals surface area contributed by atoms with Crippen molar-refractivity contribution < 1.29 is 0 Å². The third-order valence-corrected chi connectivity index (χ3v) is 6.66. The van der Waals surface area contributed by atoms with Gasteiger partial charge in [0.05, 0.1) is 34.8 Å². The number of hydrogen-bond acceptors (Lipinski definition) is 5. The van der Waals surface area contributed by atoms with Crippen LogP contribution in [0.25, 0.3) is 27.8 Å². The van der Waals surface area contributed by atoms with E-state index >= 15 is 0 Å². The van der Waals surface area contributed by atoms with Gasteiger partial charge in [-0.1, -0.05) is 6.07 Å². The highest BCUT2D eigenvalue weighted by Gasteiger charge is 2.46. The monoisotopic (exact) mass is 400 g/mol. The van der Waals surface area contributed by atoms with Gasteiger partial charge in [0.1, 0.15) is 0 Å². The van der Waals surface area contributed by atoms with Crippen LogP contribution in [0.5, 0.6) is 0 Å². The molecule has 4 heterocycles. The van der Waals surface area contributed by atoms with Crippen molar-refractivity contribution in [1.29, 1.82) is 0 Å². The summed E-state index contributed by atoms with van der Waals surface area (Å²) in [6.45, 7) is 4.97. The van der Waals surface area contributed by atoms with Crippen LogP contribution in [0, 0.1) is 13.8 Å². The number of benzene rings is 1. The Labute approximate surface area is 173 Å². The molecule has 1 atom stereocenters. The van der Waals surface area contributed by atoms with Crippen LogP contribution >= 0.6 is 0 Å². The highest BCUT2D eigenvalue weighted by molar-refractivity contribution is 5.83. The van der Waals surface area contributed by atoms with Gasteiger partial charge in [-0.05, 0) is 69.8 Å². The van der Waals surface area contributed by atoms with E-state index in [4.69, 9.17) is 5.10 Å². The number of nitrogens with one attached hydrogen (secondary N) is 1. The second-order valence-corrected chi connectivity index (χ2v) is 8.91. The number of aromatic nitrogens is 5. The minimum atomic E-state index is 0.0547. The van der Waals surface area contributed by atoms with Gasteiger partial charge in [-0.3, -0.25) is 9.36 Å². The molecule has 0 unspecified atom stereocenters. The molecule has 1 saturated carbocycles. The van der Waals surface area contributed by atoms with Crippen molar-refractivity contribution >= 4 is 16.6 Å². The average Bonchev–Trinajstić information content (AvgIpc) is 3.35. The van der Waals surface area contributed by atoms with Gasteiger partial charge >= 0.3 is 0 Å². The summed E-state index contributed by atoms with van der Waals surface area (Å²) in [5.74, 6) is 0. The molecule has 1 aliphatic heterocycles. The van der Waals surface area contributed by atoms with Crippen molar-refractivity contribution in [1.82, 2.24) is 29.5 Å². The van der Waals surface area contributed by atoms with Gasteiger partial charge in [-0.25, -0.2) is 14.5 Å². The Hall–Kier alpha value is -3.06. The molecule has 0 amide bonds. The lowest BCUT2D eigenvalue weighted by molar-refractivity contribution is 0.281. The molecule has 6 rings (SSSR count). The number of fused-ring (bicyclic) bond motifs is 2. The predicted molar refractivity (Wildman–Crippen MR) is 116 cm³/mol. The predicted octanol–water partition coefficient (Wildman–Crippen LogP) is 3.18. The summed E-state index contributed by atoms with van der Waals surface area (Å²) in [5, 5.41) is 8.99. The maximum atomic E-state index is 13.2. The molecule has 7 nitrogen and oxygen atoms in total. The Balaban J connectivity index is 1.41. The number of hydrogen-bond donors (Lipinski definition) is 1. The van der Waals surface area contributed by atoms with Crippen molar-refractivity contribution in [2.45, 2.75) is 51.1 Å². The molecule has 7 heteroatoms. The first-order valence-corrected chi connectivity index (χ1v) is 10.6. The lowest BCUT2D eigenvalue weighted by atomic mass is 9.97. The van der Waals surface area contributed by atoms with Gasteiger partial charge < -0.3 is 5.32 Å². The molecule has 4 aromatic rings. The normalized spacial score (nSPS) is 20.3. The maximum absolute atomic E-state index is 13.2. The molecule has 2 aliphatic rings. The van der Waals surface area contributed by atoms with E-state index in [0.717, 1.165) is 47.5 Å². The smallest absolute Gasteiger partial charge is 0.261 e. The van der Waals surface area contributed by atoms with Crippen molar-refractivity contribution in [3.63, 3.8) is 0 Å². The third-order valence-electron chi connectivity index (χ3n) is 6.66. The number of rotatable bonds is 2. The fraction of sp³-hybridized carbons (Fsp3) is 0.391. The Bertz CT molecular complexity index is 1360. The molecule has 1 N–H and O–H groups in total. The van der Waals surface area contributed by atoms with Crippen molar-refractivity contribution in [2.24, 2.45) is 0 Å². The molecule has 3 aromatic heterocycles. The number of aryl methyl sites for hydroxylation is 2. The van der Waals surface area contributed by atoms with Crippen LogP contribution in [-0.4, -0.2) is 36.2 Å². The second-order valence-electron chi connectivity index (χ2n) is 8.91. The minimum absolute atomic E-state index is 0.0547. The van der Waals surface area contributed by atoms with E-state index in [0.29, 0.717) is 10.9 Å². The third kappa shape index (κ3) is 2.76. The van der Waals surface area contributed by atoms with Gasteiger partial charge in [-0.15, -0.1) is 0 Å². The SMILES string of the molecule is Cc1cn2nc(-c3ccc4c(=O)n([C@H]5CCNC6(CC6)C5)cnc4c3)cc(C)c2n1. The Morgan fingerprint density at radius 2 is 2.07 bits per heavy atom. The molecule has 1 aromatic carbocycles. The molecule has 1 aliphatic carbocycles. The molecule has 30 heavy (non-hydrogen) atoms. The topological polar surface area (TPSA) is 77.1 Å². The van der Waals surface area contributed by atoms with Crippen LogP contribution in [0.2, 0.25) is 0 Å². The van der Waals surface area contributed by atoms with E-state index < -0.39 is 0 Å². The highest BCUT2D eigenvalue weighted by Crippen LogP contribution is 2.45. The van der Waals surface area contributed by atoms with Crippen LogP contribution < -0.4 is 10.9 Å². The summed E-state index contributed by atoms with van der Waals surface area (Å²) in [6, 6.07) is 8.09. The fourth-order valence-corrected chi connectivity index (χ4v) is 4.84.